The summed E-state index contributed by atoms with van der Waals surface area (Å²) in [6, 6.07) is 12.8. The third-order valence-corrected chi connectivity index (χ3v) is 6.15. The highest BCUT2D eigenvalue weighted by Crippen LogP contribution is 2.42. The summed E-state index contributed by atoms with van der Waals surface area (Å²) in [4.78, 5) is 16.7. The molecule has 2 unspecified atom stereocenters. The molecule has 1 N–H and O–H groups in total. The SMILES string of the molecule is Cl.O=c1cc(OCc2ccc(F)cn2)ccn1-c1ccc2c3c(oc2c1)CC1CCC3N1. The number of hydrogen-bond acceptors (Lipinski definition) is 5. The molecule has 2 aliphatic rings. The molecule has 1 aromatic carbocycles. The molecule has 2 aliphatic heterocycles. The first-order valence-electron chi connectivity index (χ1n) is 10.4. The van der Waals surface area contributed by atoms with Gasteiger partial charge in [-0.25, -0.2) is 4.39 Å². The molecule has 3 aromatic heterocycles. The molecule has 6 nitrogen and oxygen atoms in total. The van der Waals surface area contributed by atoms with Crippen molar-refractivity contribution in [1.29, 1.82) is 0 Å². The standard InChI is InChI=1S/C24H20FN3O3.ClH/c25-14-1-2-16(26-12-14)13-30-18-7-8-28(23(29)11-18)17-4-5-19-21(10-17)31-22-9-15-3-6-20(27-15)24(19)22;/h1-2,4-5,7-8,10-12,15,20,27H,3,6,9,13H2;1H. The number of fused-ring (bicyclic) bond motifs is 6. The van der Waals surface area contributed by atoms with Gasteiger partial charge in [-0.05, 0) is 43.2 Å². The number of nitrogens with one attached hydrogen (secondary N) is 1. The third-order valence-electron chi connectivity index (χ3n) is 6.15. The highest BCUT2D eigenvalue weighted by atomic mass is 35.5. The second-order valence-corrected chi connectivity index (χ2v) is 8.14. The Hall–Kier alpha value is -3.16. The number of rotatable bonds is 4. The fourth-order valence-electron chi connectivity index (χ4n) is 4.68. The Balaban J connectivity index is 0.00000216. The lowest BCUT2D eigenvalue weighted by atomic mass is 9.99. The Morgan fingerprint density at radius 3 is 2.91 bits per heavy atom. The van der Waals surface area contributed by atoms with Crippen molar-refractivity contribution in [2.75, 3.05) is 0 Å². The van der Waals surface area contributed by atoms with Crippen LogP contribution in [0, 0.1) is 5.82 Å². The fourth-order valence-corrected chi connectivity index (χ4v) is 4.68. The monoisotopic (exact) mass is 453 g/mol. The quantitative estimate of drug-likeness (QED) is 0.494. The van der Waals surface area contributed by atoms with Gasteiger partial charge in [0.25, 0.3) is 5.56 Å². The average Bonchev–Trinajstić information content (AvgIpc) is 3.34. The average molecular weight is 454 g/mol. The van der Waals surface area contributed by atoms with Crippen LogP contribution in [-0.4, -0.2) is 15.6 Å². The van der Waals surface area contributed by atoms with Gasteiger partial charge in [-0.2, -0.15) is 0 Å². The first-order chi connectivity index (χ1) is 15.1. The smallest absolute Gasteiger partial charge is 0.258 e. The minimum absolute atomic E-state index is 0. The molecule has 0 amide bonds. The lowest BCUT2D eigenvalue weighted by Gasteiger charge is -2.20. The van der Waals surface area contributed by atoms with Gasteiger partial charge in [-0.15, -0.1) is 12.4 Å². The van der Waals surface area contributed by atoms with E-state index in [0.717, 1.165) is 41.5 Å². The lowest BCUT2D eigenvalue weighted by molar-refractivity contribution is 0.300. The zero-order valence-electron chi connectivity index (χ0n) is 17.1. The molecule has 2 atom stereocenters. The summed E-state index contributed by atoms with van der Waals surface area (Å²) in [5.74, 6) is 1.11. The first kappa shape index (κ1) is 20.7. The van der Waals surface area contributed by atoms with Crippen molar-refractivity contribution in [2.45, 2.75) is 38.0 Å². The largest absolute Gasteiger partial charge is 0.487 e. The Labute approximate surface area is 189 Å². The van der Waals surface area contributed by atoms with Crippen LogP contribution in [0.4, 0.5) is 4.39 Å². The van der Waals surface area contributed by atoms with E-state index in [2.05, 4.69) is 10.3 Å². The number of hydrogen-bond donors (Lipinski definition) is 1. The molecule has 0 radical (unpaired) electrons. The predicted octanol–water partition coefficient (Wildman–Crippen LogP) is 4.47. The van der Waals surface area contributed by atoms with Gasteiger partial charge in [0, 0.05) is 47.8 Å². The van der Waals surface area contributed by atoms with Crippen LogP contribution in [0.15, 0.2) is 64.1 Å². The second-order valence-electron chi connectivity index (χ2n) is 8.14. The van der Waals surface area contributed by atoms with Crippen LogP contribution in [0.25, 0.3) is 16.7 Å². The lowest BCUT2D eigenvalue weighted by Crippen LogP contribution is -2.30. The van der Waals surface area contributed by atoms with E-state index in [1.165, 1.54) is 24.1 Å². The van der Waals surface area contributed by atoms with Gasteiger partial charge < -0.3 is 14.5 Å². The van der Waals surface area contributed by atoms with Crippen molar-refractivity contribution in [3.05, 3.63) is 88.0 Å². The molecule has 4 aromatic rings. The summed E-state index contributed by atoms with van der Waals surface area (Å²) < 4.78 is 26.3. The van der Waals surface area contributed by atoms with E-state index in [-0.39, 0.29) is 24.6 Å². The zero-order valence-corrected chi connectivity index (χ0v) is 17.9. The van der Waals surface area contributed by atoms with Gasteiger partial charge in [0.2, 0.25) is 0 Å². The summed E-state index contributed by atoms with van der Waals surface area (Å²) in [7, 11) is 0. The molecular formula is C24H21ClFN3O3. The number of ether oxygens (including phenoxy) is 1. The van der Waals surface area contributed by atoms with Crippen molar-refractivity contribution in [3.63, 3.8) is 0 Å². The summed E-state index contributed by atoms with van der Waals surface area (Å²) in [6.45, 7) is 0.157. The number of halogens is 2. The molecule has 2 bridgehead atoms. The van der Waals surface area contributed by atoms with Crippen LogP contribution in [-0.2, 0) is 13.0 Å². The maximum absolute atomic E-state index is 13.0. The summed E-state index contributed by atoms with van der Waals surface area (Å²) >= 11 is 0. The Kier molecular flexibility index (Phi) is 5.23. The van der Waals surface area contributed by atoms with E-state index in [9.17, 15) is 9.18 Å². The van der Waals surface area contributed by atoms with E-state index in [0.29, 0.717) is 23.5 Å². The Bertz CT molecular complexity index is 1350. The van der Waals surface area contributed by atoms with Gasteiger partial charge >= 0.3 is 0 Å². The molecule has 5 heterocycles. The Morgan fingerprint density at radius 2 is 2.09 bits per heavy atom. The first-order valence-corrected chi connectivity index (χ1v) is 10.4. The third kappa shape index (κ3) is 3.57. The normalized spacial score (nSPS) is 18.9. The molecule has 164 valence electrons. The Morgan fingerprint density at radius 1 is 1.19 bits per heavy atom. The van der Waals surface area contributed by atoms with Gasteiger partial charge in [-0.3, -0.25) is 14.3 Å². The van der Waals surface area contributed by atoms with Crippen LogP contribution in [0.3, 0.4) is 0 Å². The topological polar surface area (TPSA) is 69.3 Å². The summed E-state index contributed by atoms with van der Waals surface area (Å²) in [5, 5.41) is 4.78. The van der Waals surface area contributed by atoms with Crippen molar-refractivity contribution in [3.8, 4) is 11.4 Å². The van der Waals surface area contributed by atoms with Crippen LogP contribution in [0.2, 0.25) is 0 Å². The molecule has 32 heavy (non-hydrogen) atoms. The maximum Gasteiger partial charge on any atom is 0.258 e. The molecule has 8 heteroatoms. The van der Waals surface area contributed by atoms with E-state index < -0.39 is 5.82 Å². The number of furan rings is 1. The van der Waals surface area contributed by atoms with Crippen LogP contribution >= 0.6 is 12.4 Å². The highest BCUT2D eigenvalue weighted by molar-refractivity contribution is 5.85. The van der Waals surface area contributed by atoms with Gasteiger partial charge in [0.1, 0.15) is 29.5 Å². The van der Waals surface area contributed by atoms with Gasteiger partial charge in [-0.1, -0.05) is 0 Å². The molecule has 1 fully saturated rings. The molecule has 0 saturated carbocycles. The van der Waals surface area contributed by atoms with Crippen molar-refractivity contribution in [1.82, 2.24) is 14.9 Å². The molecule has 6 rings (SSSR count). The molecule has 0 aliphatic carbocycles. The molecule has 1 saturated heterocycles. The van der Waals surface area contributed by atoms with Crippen LogP contribution in [0.1, 0.15) is 35.9 Å². The zero-order chi connectivity index (χ0) is 20.9. The molecule has 0 spiro atoms. The second kappa shape index (κ2) is 8.07. The van der Waals surface area contributed by atoms with Crippen molar-refractivity contribution >= 4 is 23.4 Å². The van der Waals surface area contributed by atoms with Crippen molar-refractivity contribution in [2.24, 2.45) is 0 Å². The van der Waals surface area contributed by atoms with Crippen LogP contribution in [0.5, 0.6) is 5.75 Å². The number of pyridine rings is 2. The number of aromatic nitrogens is 2. The molecular weight excluding hydrogens is 433 g/mol. The maximum atomic E-state index is 13.0. The minimum atomic E-state index is -0.399. The van der Waals surface area contributed by atoms with E-state index in [1.807, 2.05) is 18.2 Å². The summed E-state index contributed by atoms with van der Waals surface area (Å²) in [6.07, 6.45) is 6.08. The van der Waals surface area contributed by atoms with E-state index >= 15 is 0 Å². The van der Waals surface area contributed by atoms with Gasteiger partial charge in [0.05, 0.1) is 17.6 Å². The highest BCUT2D eigenvalue weighted by Gasteiger charge is 2.36. The van der Waals surface area contributed by atoms with Gasteiger partial charge in [0.15, 0.2) is 0 Å². The predicted molar refractivity (Wildman–Crippen MR) is 120 cm³/mol. The summed E-state index contributed by atoms with van der Waals surface area (Å²) in [5.41, 5.74) is 3.21. The van der Waals surface area contributed by atoms with E-state index in [1.54, 1.807) is 22.9 Å². The van der Waals surface area contributed by atoms with Crippen molar-refractivity contribution < 1.29 is 13.5 Å². The fraction of sp³-hybridized carbons (Fsp3) is 0.250. The number of nitrogens with zero attached hydrogens (tertiary/aromatic N) is 2. The van der Waals surface area contributed by atoms with Crippen LogP contribution < -0.4 is 15.6 Å². The minimum Gasteiger partial charge on any atom is -0.487 e. The number of benzene rings is 1. The van der Waals surface area contributed by atoms with E-state index in [4.69, 9.17) is 9.15 Å².